The van der Waals surface area contributed by atoms with Crippen LogP contribution in [0.25, 0.3) is 0 Å². The van der Waals surface area contributed by atoms with Crippen LogP contribution in [0, 0.1) is 5.82 Å². The third-order valence-electron chi connectivity index (χ3n) is 1.76. The van der Waals surface area contributed by atoms with E-state index < -0.39 is 5.97 Å². The van der Waals surface area contributed by atoms with Crippen molar-refractivity contribution < 1.29 is 13.9 Å². The molecule has 2 nitrogen and oxygen atoms in total. The Morgan fingerprint density at radius 1 is 1.53 bits per heavy atom. The second-order valence-corrected chi connectivity index (χ2v) is 4.19. The monoisotopic (exact) mass is 338 g/mol. The summed E-state index contributed by atoms with van der Waals surface area (Å²) in [6, 6.07) is 2.56. The zero-order valence-electron chi connectivity index (χ0n) is 8.02. The van der Waals surface area contributed by atoms with Gasteiger partial charge in [0.2, 0.25) is 0 Å². The molecule has 82 valence electrons. The quantitative estimate of drug-likeness (QED) is 0.620. The minimum absolute atomic E-state index is 0.296. The van der Waals surface area contributed by atoms with Gasteiger partial charge in [-0.25, -0.2) is 9.18 Å². The van der Waals surface area contributed by atoms with Gasteiger partial charge in [0, 0.05) is 9.80 Å². The van der Waals surface area contributed by atoms with E-state index in [1.165, 1.54) is 12.1 Å². The van der Waals surface area contributed by atoms with Crippen LogP contribution in [0.2, 0.25) is 0 Å². The van der Waals surface area contributed by atoms with E-state index in [0.717, 1.165) is 0 Å². The summed E-state index contributed by atoms with van der Waals surface area (Å²) in [5, 5.41) is 0.400. The molecule has 0 aromatic heterocycles. The topological polar surface area (TPSA) is 26.3 Å². The van der Waals surface area contributed by atoms with E-state index >= 15 is 0 Å². The number of hydrogen-bond donors (Lipinski definition) is 0. The third kappa shape index (κ3) is 3.01. The summed E-state index contributed by atoms with van der Waals surface area (Å²) in [5.74, 6) is -0.830. The third-order valence-corrected chi connectivity index (χ3v) is 2.99. The first-order valence-corrected chi connectivity index (χ1v) is 6.22. The van der Waals surface area contributed by atoms with Crippen molar-refractivity contribution in [2.24, 2.45) is 0 Å². The van der Waals surface area contributed by atoms with Crippen molar-refractivity contribution in [3.8, 4) is 0 Å². The summed E-state index contributed by atoms with van der Waals surface area (Å²) < 4.78 is 18.3. The molecule has 15 heavy (non-hydrogen) atoms. The number of esters is 1. The van der Waals surface area contributed by atoms with Crippen LogP contribution in [0.1, 0.15) is 22.8 Å². The molecule has 0 atom stereocenters. The maximum absolute atomic E-state index is 13.0. The van der Waals surface area contributed by atoms with Crippen LogP contribution in [-0.2, 0) is 10.1 Å². The lowest BCUT2D eigenvalue weighted by atomic mass is 10.1. The molecule has 0 spiro atoms. The average molecular weight is 340 g/mol. The Morgan fingerprint density at radius 2 is 2.20 bits per heavy atom. The fourth-order valence-electron chi connectivity index (χ4n) is 1.16. The molecule has 0 aliphatic rings. The highest BCUT2D eigenvalue weighted by Gasteiger charge is 2.17. The van der Waals surface area contributed by atoms with Gasteiger partial charge in [0.1, 0.15) is 5.82 Å². The van der Waals surface area contributed by atoms with E-state index in [1.54, 1.807) is 6.92 Å². The second kappa shape index (κ2) is 5.61. The van der Waals surface area contributed by atoms with Crippen molar-refractivity contribution in [1.82, 2.24) is 0 Å². The average Bonchev–Trinajstić information content (AvgIpc) is 2.16. The molecule has 0 radical (unpaired) electrons. The zero-order valence-corrected chi connectivity index (χ0v) is 11.2. The molecule has 1 aromatic carbocycles. The van der Waals surface area contributed by atoms with Crippen molar-refractivity contribution in [3.05, 3.63) is 33.5 Å². The summed E-state index contributed by atoms with van der Waals surface area (Å²) in [6.45, 7) is 2.02. The van der Waals surface area contributed by atoms with Crippen molar-refractivity contribution in [3.63, 3.8) is 0 Å². The number of hydrogen-bond acceptors (Lipinski definition) is 2. The lowest BCUT2D eigenvalue weighted by Gasteiger charge is -2.08. The van der Waals surface area contributed by atoms with Crippen LogP contribution in [0.4, 0.5) is 4.39 Å². The minimum atomic E-state index is -0.446. The van der Waals surface area contributed by atoms with E-state index in [4.69, 9.17) is 4.74 Å². The van der Waals surface area contributed by atoms with Gasteiger partial charge >= 0.3 is 5.97 Å². The number of carbonyl (C=O) groups excluding carboxylic acids is 1. The summed E-state index contributed by atoms with van der Waals surface area (Å²) in [4.78, 5) is 11.6. The van der Waals surface area contributed by atoms with Gasteiger partial charge in [0.05, 0.1) is 12.2 Å². The Labute approximate surface area is 104 Å². The van der Waals surface area contributed by atoms with Gasteiger partial charge in [0.25, 0.3) is 0 Å². The SMILES string of the molecule is CCOC(=O)c1c(Br)cc(F)cc1CBr. The largest absolute Gasteiger partial charge is 0.462 e. The second-order valence-electron chi connectivity index (χ2n) is 2.78. The summed E-state index contributed by atoms with van der Waals surface area (Å²) in [6.07, 6.45) is 0. The molecule has 0 aliphatic carbocycles. The minimum Gasteiger partial charge on any atom is -0.462 e. The lowest BCUT2D eigenvalue weighted by Crippen LogP contribution is -2.09. The van der Waals surface area contributed by atoms with Gasteiger partial charge < -0.3 is 4.74 Å². The van der Waals surface area contributed by atoms with Crippen molar-refractivity contribution in [2.75, 3.05) is 6.61 Å². The van der Waals surface area contributed by atoms with Gasteiger partial charge in [-0.05, 0) is 40.5 Å². The maximum atomic E-state index is 13.0. The van der Waals surface area contributed by atoms with Crippen LogP contribution in [0.3, 0.4) is 0 Å². The Kier molecular flexibility index (Phi) is 4.73. The summed E-state index contributed by atoms with van der Waals surface area (Å²) in [5.41, 5.74) is 0.940. The lowest BCUT2D eigenvalue weighted by molar-refractivity contribution is 0.0524. The van der Waals surface area contributed by atoms with E-state index in [1.807, 2.05) is 0 Å². The first-order chi connectivity index (χ1) is 7.10. The molecule has 0 amide bonds. The van der Waals surface area contributed by atoms with E-state index in [0.29, 0.717) is 27.5 Å². The van der Waals surface area contributed by atoms with Gasteiger partial charge in [-0.2, -0.15) is 0 Å². The summed E-state index contributed by atoms with van der Waals surface area (Å²) >= 11 is 6.35. The van der Waals surface area contributed by atoms with Gasteiger partial charge in [-0.15, -0.1) is 0 Å². The van der Waals surface area contributed by atoms with Crippen LogP contribution in [0.15, 0.2) is 16.6 Å². The first-order valence-electron chi connectivity index (χ1n) is 4.31. The molecule has 0 saturated carbocycles. The van der Waals surface area contributed by atoms with Crippen molar-refractivity contribution in [1.29, 1.82) is 0 Å². The molecule has 5 heteroatoms. The first kappa shape index (κ1) is 12.6. The van der Waals surface area contributed by atoms with Crippen molar-refractivity contribution >= 4 is 37.8 Å². The molecule has 0 aliphatic heterocycles. The van der Waals surface area contributed by atoms with Crippen LogP contribution in [0.5, 0.6) is 0 Å². The Hall–Kier alpha value is -0.420. The number of halogens is 3. The van der Waals surface area contributed by atoms with Crippen LogP contribution in [-0.4, -0.2) is 12.6 Å². The number of rotatable bonds is 3. The molecule has 0 fully saturated rings. The fraction of sp³-hybridized carbons (Fsp3) is 0.300. The number of ether oxygens (including phenoxy) is 1. The molecular formula is C10H9Br2FO2. The smallest absolute Gasteiger partial charge is 0.339 e. The predicted octanol–water partition coefficient (Wildman–Crippen LogP) is 3.66. The molecular weight excluding hydrogens is 331 g/mol. The number of benzene rings is 1. The van der Waals surface area contributed by atoms with Crippen LogP contribution >= 0.6 is 31.9 Å². The molecule has 0 unspecified atom stereocenters. The fourth-order valence-corrected chi connectivity index (χ4v) is 2.24. The number of carbonyl (C=O) groups is 1. The maximum Gasteiger partial charge on any atom is 0.339 e. The molecule has 0 saturated heterocycles. The Balaban J connectivity index is 3.20. The van der Waals surface area contributed by atoms with Crippen molar-refractivity contribution in [2.45, 2.75) is 12.3 Å². The normalized spacial score (nSPS) is 10.1. The molecule has 0 bridgehead atoms. The molecule has 1 rings (SSSR count). The van der Waals surface area contributed by atoms with E-state index in [-0.39, 0.29) is 5.82 Å². The molecule has 0 N–H and O–H groups in total. The highest BCUT2D eigenvalue weighted by molar-refractivity contribution is 9.10. The van der Waals surface area contributed by atoms with E-state index in [9.17, 15) is 9.18 Å². The van der Waals surface area contributed by atoms with Gasteiger partial charge in [-0.1, -0.05) is 15.9 Å². The standard InChI is InChI=1S/C10H9Br2FO2/c1-2-15-10(14)9-6(5-11)3-7(13)4-8(9)12/h3-4H,2,5H2,1H3. The van der Waals surface area contributed by atoms with E-state index in [2.05, 4.69) is 31.9 Å². The highest BCUT2D eigenvalue weighted by atomic mass is 79.9. The Morgan fingerprint density at radius 3 is 2.73 bits per heavy atom. The molecule has 1 aromatic rings. The summed E-state index contributed by atoms with van der Waals surface area (Å²) in [7, 11) is 0. The molecule has 0 heterocycles. The predicted molar refractivity (Wildman–Crippen MR) is 62.7 cm³/mol. The highest BCUT2D eigenvalue weighted by Crippen LogP contribution is 2.25. The van der Waals surface area contributed by atoms with Gasteiger partial charge in [-0.3, -0.25) is 0 Å². The van der Waals surface area contributed by atoms with Crippen LogP contribution < -0.4 is 0 Å². The number of alkyl halides is 1. The zero-order chi connectivity index (χ0) is 11.4. The Bertz CT molecular complexity index is 380. The van der Waals surface area contributed by atoms with Gasteiger partial charge in [0.15, 0.2) is 0 Å².